The smallest absolute Gasteiger partial charge is 0.302 e. The number of rotatable bonds is 1. The van der Waals surface area contributed by atoms with Crippen molar-refractivity contribution in [1.82, 2.24) is 9.59 Å². The number of hydrogen-bond donors (Lipinski definition) is 0. The third kappa shape index (κ3) is 2.41. The topological polar surface area (TPSA) is 69.2 Å². The Morgan fingerprint density at radius 2 is 2.00 bits per heavy atom. The summed E-state index contributed by atoms with van der Waals surface area (Å²) in [5.74, 6) is 2.08. The van der Waals surface area contributed by atoms with Crippen LogP contribution in [-0.2, 0) is 27.2 Å². The zero-order valence-electron chi connectivity index (χ0n) is 16.8. The molecule has 4 aliphatic carbocycles. The van der Waals surface area contributed by atoms with Gasteiger partial charge in [-0.1, -0.05) is 18.3 Å². The lowest BCUT2D eigenvalue weighted by Crippen LogP contribution is -2.57. The Morgan fingerprint density at radius 3 is 2.75 bits per heavy atom. The molecule has 0 unspecified atom stereocenters. The van der Waals surface area contributed by atoms with Gasteiger partial charge in [-0.25, -0.2) is 4.21 Å². The van der Waals surface area contributed by atoms with Gasteiger partial charge in [0.25, 0.3) is 0 Å². The first-order valence-corrected chi connectivity index (χ1v) is 12.1. The van der Waals surface area contributed by atoms with Gasteiger partial charge in [-0.15, -0.1) is 5.10 Å². The Labute approximate surface area is 173 Å². The van der Waals surface area contributed by atoms with Crippen LogP contribution in [0.25, 0.3) is 0 Å². The molecule has 1 aromatic heterocycles. The summed E-state index contributed by atoms with van der Waals surface area (Å²) in [4.78, 5) is 13.7. The van der Waals surface area contributed by atoms with Gasteiger partial charge in [-0.05, 0) is 80.1 Å². The molecule has 0 bridgehead atoms. The van der Waals surface area contributed by atoms with Crippen LogP contribution in [0, 0.1) is 34.5 Å². The second-order valence-electron chi connectivity index (χ2n) is 9.82. The fraction of sp³-hybridized carbons (Fsp3) is 0.810. The number of nitrogens with zero attached hydrogens (tertiary/aromatic N) is 2. The standard InChI is InChI=1S/C21H28N2O3S2/c1-11(24)26-17-7-6-14-13-5-4-12-10-16-18(27-23-22-16)19(28-25)21(12,3)15(13)8-9-20(14,17)2/h12-15,17H,4-10H2,1-3H3/t12-,13-,14-,15-,17-,20-,21-/m0/s1. The molecule has 7 atom stereocenters. The van der Waals surface area contributed by atoms with E-state index in [0.717, 1.165) is 54.0 Å². The number of ether oxygens (including phenoxy) is 1. The van der Waals surface area contributed by atoms with E-state index in [9.17, 15) is 9.00 Å². The molecule has 1 aromatic rings. The summed E-state index contributed by atoms with van der Waals surface area (Å²) >= 11 is 2.10. The number of fused-ring (bicyclic) bond motifs is 6. The number of hydrogen-bond acceptors (Lipinski definition) is 6. The quantitative estimate of drug-likeness (QED) is 0.513. The zero-order valence-corrected chi connectivity index (χ0v) is 18.4. The highest BCUT2D eigenvalue weighted by Gasteiger charge is 2.62. The molecule has 0 aromatic carbocycles. The number of carbonyl (C=O) groups is 1. The fourth-order valence-corrected chi connectivity index (χ4v) is 9.22. The lowest BCUT2D eigenvalue weighted by molar-refractivity contribution is -0.157. The van der Waals surface area contributed by atoms with Crippen LogP contribution in [0.5, 0.6) is 0 Å². The summed E-state index contributed by atoms with van der Waals surface area (Å²) in [5, 5.41) is 4.33. The molecule has 3 saturated carbocycles. The van der Waals surface area contributed by atoms with Gasteiger partial charge in [0.05, 0.1) is 26.7 Å². The lowest BCUT2D eigenvalue weighted by Gasteiger charge is -2.59. The van der Waals surface area contributed by atoms with E-state index in [0.29, 0.717) is 34.9 Å². The van der Waals surface area contributed by atoms with Crippen LogP contribution in [-0.4, -0.2) is 30.7 Å². The predicted molar refractivity (Wildman–Crippen MR) is 109 cm³/mol. The van der Waals surface area contributed by atoms with Crippen molar-refractivity contribution in [2.24, 2.45) is 34.5 Å². The summed E-state index contributed by atoms with van der Waals surface area (Å²) in [7, 11) is 0. The molecule has 7 heteroatoms. The highest BCUT2D eigenvalue weighted by atomic mass is 32.1. The van der Waals surface area contributed by atoms with Gasteiger partial charge in [0.1, 0.15) is 6.10 Å². The molecule has 5 rings (SSSR count). The van der Waals surface area contributed by atoms with E-state index < -0.39 is 0 Å². The molecular weight excluding hydrogens is 392 g/mol. The van der Waals surface area contributed by atoms with E-state index in [1.54, 1.807) is 0 Å². The first-order valence-electron chi connectivity index (χ1n) is 10.6. The van der Waals surface area contributed by atoms with Gasteiger partial charge in [0, 0.05) is 17.8 Å². The van der Waals surface area contributed by atoms with E-state index in [-0.39, 0.29) is 22.9 Å². The molecule has 0 aliphatic heterocycles. The Hall–Kier alpha value is -1.08. The minimum absolute atomic E-state index is 0.0578. The largest absolute Gasteiger partial charge is 0.462 e. The maximum absolute atomic E-state index is 12.3. The van der Waals surface area contributed by atoms with Crippen LogP contribution in [0.4, 0.5) is 0 Å². The molecule has 4 aliphatic rings. The van der Waals surface area contributed by atoms with E-state index in [2.05, 4.69) is 23.4 Å². The maximum Gasteiger partial charge on any atom is 0.302 e. The zero-order chi connectivity index (χ0) is 19.7. The van der Waals surface area contributed by atoms with Crippen molar-refractivity contribution in [3.8, 4) is 0 Å². The number of esters is 1. The summed E-state index contributed by atoms with van der Waals surface area (Å²) in [6.07, 6.45) is 7.74. The van der Waals surface area contributed by atoms with Crippen molar-refractivity contribution in [3.63, 3.8) is 0 Å². The third-order valence-electron chi connectivity index (χ3n) is 8.90. The second-order valence-corrected chi connectivity index (χ2v) is 11.1. The lowest BCUT2D eigenvalue weighted by atomic mass is 9.45. The van der Waals surface area contributed by atoms with E-state index >= 15 is 0 Å². The average Bonchev–Trinajstić information content (AvgIpc) is 3.23. The Kier molecular flexibility index (Phi) is 4.36. The van der Waals surface area contributed by atoms with Gasteiger partial charge >= 0.3 is 5.97 Å². The molecule has 0 amide bonds. The molecule has 0 saturated heterocycles. The highest BCUT2D eigenvalue weighted by Crippen LogP contribution is 2.66. The minimum atomic E-state index is -0.152. The summed E-state index contributed by atoms with van der Waals surface area (Å²) in [6, 6.07) is 0. The van der Waals surface area contributed by atoms with Crippen molar-refractivity contribution in [1.29, 1.82) is 0 Å². The van der Waals surface area contributed by atoms with Crippen LogP contribution >= 0.6 is 11.5 Å². The van der Waals surface area contributed by atoms with E-state index in [1.165, 1.54) is 24.9 Å². The first-order chi connectivity index (χ1) is 13.4. The summed E-state index contributed by atoms with van der Waals surface area (Å²) in [5.41, 5.74) is 1.07. The monoisotopic (exact) mass is 420 g/mol. The molecule has 0 radical (unpaired) electrons. The van der Waals surface area contributed by atoms with Gasteiger partial charge < -0.3 is 4.74 Å². The molecule has 152 valence electrons. The van der Waals surface area contributed by atoms with Crippen molar-refractivity contribution in [2.45, 2.75) is 71.8 Å². The Balaban J connectivity index is 1.52. The van der Waals surface area contributed by atoms with Crippen LogP contribution in [0.2, 0.25) is 0 Å². The van der Waals surface area contributed by atoms with E-state index in [1.807, 2.05) is 0 Å². The van der Waals surface area contributed by atoms with Crippen LogP contribution in [0.15, 0.2) is 0 Å². The maximum atomic E-state index is 12.3. The molecule has 0 spiro atoms. The summed E-state index contributed by atoms with van der Waals surface area (Å²) in [6.45, 7) is 6.24. The number of aromatic nitrogens is 2. The first kappa shape index (κ1) is 18.9. The van der Waals surface area contributed by atoms with Crippen LogP contribution in [0.3, 0.4) is 0 Å². The average molecular weight is 421 g/mol. The molecular formula is C21H28N2O3S2. The molecule has 5 nitrogen and oxygen atoms in total. The van der Waals surface area contributed by atoms with Gasteiger partial charge in [-0.2, -0.15) is 0 Å². The predicted octanol–water partition coefficient (Wildman–Crippen LogP) is 3.62. The van der Waals surface area contributed by atoms with Gasteiger partial charge in [0.15, 0.2) is 0 Å². The van der Waals surface area contributed by atoms with Crippen molar-refractivity contribution in [2.75, 3.05) is 0 Å². The normalized spacial score (nSPS) is 44.1. The van der Waals surface area contributed by atoms with Crippen LogP contribution < -0.4 is 0 Å². The molecule has 1 heterocycles. The SMILES string of the molecule is CC(=O)O[C@H]1CC[C@H]2[C@@H]3CC[C@H]4Cc5nnsc5C(=S=O)[C@]4(C)[C@H]3CC[C@]12C. The van der Waals surface area contributed by atoms with E-state index in [4.69, 9.17) is 4.74 Å². The number of carbonyl (C=O) groups excluding carboxylic acids is 1. The summed E-state index contributed by atoms with van der Waals surface area (Å²) < 4.78 is 22.2. The molecule has 3 fully saturated rings. The Bertz CT molecular complexity index is 879. The van der Waals surface area contributed by atoms with Crippen molar-refractivity contribution in [3.05, 3.63) is 10.6 Å². The highest BCUT2D eigenvalue weighted by molar-refractivity contribution is 7.67. The minimum Gasteiger partial charge on any atom is -0.462 e. The van der Waals surface area contributed by atoms with Crippen molar-refractivity contribution < 1.29 is 13.7 Å². The third-order valence-corrected chi connectivity index (χ3v) is 10.6. The molecule has 0 N–H and O–H groups in total. The van der Waals surface area contributed by atoms with Gasteiger partial charge in [-0.3, -0.25) is 4.79 Å². The fourth-order valence-electron chi connectivity index (χ4n) is 7.56. The Morgan fingerprint density at radius 1 is 1.18 bits per heavy atom. The van der Waals surface area contributed by atoms with Gasteiger partial charge in [0.2, 0.25) is 0 Å². The van der Waals surface area contributed by atoms with Crippen LogP contribution in [0.1, 0.15) is 69.9 Å². The second kappa shape index (κ2) is 6.46. The van der Waals surface area contributed by atoms with Crippen molar-refractivity contribution >= 4 is 33.6 Å². The molecule has 28 heavy (non-hydrogen) atoms.